The van der Waals surface area contributed by atoms with Gasteiger partial charge in [0.2, 0.25) is 5.82 Å². The van der Waals surface area contributed by atoms with Gasteiger partial charge in [0.25, 0.3) is 0 Å². The minimum absolute atomic E-state index is 0.0266. The van der Waals surface area contributed by atoms with Crippen LogP contribution in [0, 0.1) is 16.0 Å². The predicted molar refractivity (Wildman–Crippen MR) is 61.9 cm³/mol. The minimum Gasteiger partial charge on any atom is -0.393 e. The van der Waals surface area contributed by atoms with Crippen LogP contribution in [0.2, 0.25) is 0 Å². The van der Waals surface area contributed by atoms with Gasteiger partial charge < -0.3 is 10.0 Å². The zero-order valence-electron chi connectivity index (χ0n) is 9.91. The summed E-state index contributed by atoms with van der Waals surface area (Å²) < 4.78 is 1.45. The van der Waals surface area contributed by atoms with E-state index in [0.717, 1.165) is 6.42 Å². The van der Waals surface area contributed by atoms with Crippen molar-refractivity contribution >= 4 is 11.5 Å². The van der Waals surface area contributed by atoms with Gasteiger partial charge in [0.05, 0.1) is 11.0 Å². The van der Waals surface area contributed by atoms with Gasteiger partial charge in [0.1, 0.15) is 6.20 Å². The molecule has 0 amide bonds. The van der Waals surface area contributed by atoms with Crippen LogP contribution in [0.5, 0.6) is 0 Å². The maximum absolute atomic E-state index is 10.9. The molecule has 2 heterocycles. The van der Waals surface area contributed by atoms with Gasteiger partial charge in [0, 0.05) is 26.1 Å². The van der Waals surface area contributed by atoms with Crippen LogP contribution in [0.3, 0.4) is 0 Å². The summed E-state index contributed by atoms with van der Waals surface area (Å²) >= 11 is 0. The molecular weight excluding hydrogens is 224 g/mol. The highest BCUT2D eigenvalue weighted by molar-refractivity contribution is 5.57. The maximum Gasteiger partial charge on any atom is 0.330 e. The van der Waals surface area contributed by atoms with E-state index in [-0.39, 0.29) is 17.7 Å². The highest BCUT2D eigenvalue weighted by atomic mass is 16.6. The fourth-order valence-electron chi connectivity index (χ4n) is 2.19. The third-order valence-electron chi connectivity index (χ3n) is 3.19. The number of nitro groups is 1. The van der Waals surface area contributed by atoms with Crippen LogP contribution >= 0.6 is 0 Å². The summed E-state index contributed by atoms with van der Waals surface area (Å²) in [5, 5.41) is 24.5. The lowest BCUT2D eigenvalue weighted by Gasteiger charge is -2.16. The minimum atomic E-state index is -0.419. The monoisotopic (exact) mass is 240 g/mol. The molecule has 1 fully saturated rings. The van der Waals surface area contributed by atoms with Crippen molar-refractivity contribution in [1.29, 1.82) is 0 Å². The van der Waals surface area contributed by atoms with E-state index in [1.165, 1.54) is 10.9 Å². The van der Waals surface area contributed by atoms with Crippen molar-refractivity contribution in [3.8, 4) is 0 Å². The average Bonchev–Trinajstić information content (AvgIpc) is 2.82. The molecular formula is C10H16N4O3. The maximum atomic E-state index is 10.9. The van der Waals surface area contributed by atoms with Crippen molar-refractivity contribution in [2.24, 2.45) is 13.0 Å². The van der Waals surface area contributed by atoms with Gasteiger partial charge >= 0.3 is 5.69 Å². The molecule has 1 saturated heterocycles. The second-order valence-electron chi connectivity index (χ2n) is 4.50. The van der Waals surface area contributed by atoms with Crippen LogP contribution in [-0.4, -0.2) is 39.0 Å². The highest BCUT2D eigenvalue weighted by Gasteiger charge is 2.32. The zero-order chi connectivity index (χ0) is 12.6. The number of anilines is 1. The van der Waals surface area contributed by atoms with Crippen LogP contribution in [0.25, 0.3) is 0 Å². The molecule has 2 unspecified atom stereocenters. The Bertz CT molecular complexity index is 429. The van der Waals surface area contributed by atoms with Crippen molar-refractivity contribution < 1.29 is 10.0 Å². The van der Waals surface area contributed by atoms with Gasteiger partial charge in [-0.05, 0) is 13.3 Å². The molecule has 0 bridgehead atoms. The standard InChI is InChI=1S/C10H16N4O3/c1-7(15)8-3-4-13(5-8)10-9(14(16)17)6-12(2)11-10/h6-8,15H,3-5H2,1-2H3. The Labute approximate surface area is 98.8 Å². The Hall–Kier alpha value is -1.63. The van der Waals surface area contributed by atoms with E-state index in [4.69, 9.17) is 0 Å². The number of nitrogens with zero attached hydrogens (tertiary/aromatic N) is 4. The summed E-state index contributed by atoms with van der Waals surface area (Å²) in [6.07, 6.45) is 1.86. The fourth-order valence-corrected chi connectivity index (χ4v) is 2.19. The van der Waals surface area contributed by atoms with Crippen molar-refractivity contribution in [3.05, 3.63) is 16.3 Å². The second-order valence-corrected chi connectivity index (χ2v) is 4.50. The van der Waals surface area contributed by atoms with E-state index < -0.39 is 4.92 Å². The van der Waals surface area contributed by atoms with Crippen LogP contribution in [0.4, 0.5) is 11.5 Å². The Morgan fingerprint density at radius 2 is 2.41 bits per heavy atom. The van der Waals surface area contributed by atoms with E-state index >= 15 is 0 Å². The van der Waals surface area contributed by atoms with Crippen LogP contribution in [0.15, 0.2) is 6.20 Å². The lowest BCUT2D eigenvalue weighted by atomic mass is 10.0. The largest absolute Gasteiger partial charge is 0.393 e. The Kier molecular flexibility index (Phi) is 3.01. The topological polar surface area (TPSA) is 84.4 Å². The summed E-state index contributed by atoms with van der Waals surface area (Å²) in [6.45, 7) is 3.07. The van der Waals surface area contributed by atoms with Gasteiger partial charge in [-0.3, -0.25) is 14.8 Å². The highest BCUT2D eigenvalue weighted by Crippen LogP contribution is 2.31. The van der Waals surface area contributed by atoms with E-state index in [1.807, 2.05) is 4.90 Å². The molecule has 0 spiro atoms. The molecule has 94 valence electrons. The molecule has 0 aromatic carbocycles. The van der Waals surface area contributed by atoms with Crippen LogP contribution < -0.4 is 4.90 Å². The molecule has 7 nitrogen and oxygen atoms in total. The smallest absolute Gasteiger partial charge is 0.330 e. The number of aryl methyl sites for hydroxylation is 1. The molecule has 0 saturated carbocycles. The first-order chi connectivity index (χ1) is 7.99. The summed E-state index contributed by atoms with van der Waals surface area (Å²) in [5.41, 5.74) is 0.0266. The molecule has 0 aliphatic carbocycles. The van der Waals surface area contributed by atoms with Crippen molar-refractivity contribution in [2.75, 3.05) is 18.0 Å². The molecule has 17 heavy (non-hydrogen) atoms. The normalized spacial score (nSPS) is 21.8. The lowest BCUT2D eigenvalue weighted by Crippen LogP contribution is -2.24. The predicted octanol–water partition coefficient (Wildman–Crippen LogP) is 0.535. The van der Waals surface area contributed by atoms with E-state index in [1.54, 1.807) is 14.0 Å². The Balaban J connectivity index is 2.21. The van der Waals surface area contributed by atoms with Gasteiger partial charge in [-0.15, -0.1) is 5.10 Å². The second kappa shape index (κ2) is 4.33. The quantitative estimate of drug-likeness (QED) is 0.615. The average molecular weight is 240 g/mol. The summed E-state index contributed by atoms with van der Waals surface area (Å²) in [6, 6.07) is 0. The first-order valence-corrected chi connectivity index (χ1v) is 5.60. The van der Waals surface area contributed by atoms with Gasteiger partial charge in [0.15, 0.2) is 0 Å². The number of aliphatic hydroxyl groups is 1. The molecule has 1 aliphatic rings. The third kappa shape index (κ3) is 2.23. The number of hydrogen-bond donors (Lipinski definition) is 1. The number of hydrogen-bond acceptors (Lipinski definition) is 5. The van der Waals surface area contributed by atoms with Crippen molar-refractivity contribution in [2.45, 2.75) is 19.4 Å². The molecule has 1 N–H and O–H groups in total. The van der Waals surface area contributed by atoms with Crippen LogP contribution in [-0.2, 0) is 7.05 Å². The van der Waals surface area contributed by atoms with E-state index in [9.17, 15) is 15.2 Å². The molecule has 2 atom stereocenters. The van der Waals surface area contributed by atoms with Gasteiger partial charge in [-0.1, -0.05) is 0 Å². The molecule has 1 aromatic rings. The molecule has 1 aromatic heterocycles. The van der Waals surface area contributed by atoms with Gasteiger partial charge in [-0.25, -0.2) is 0 Å². The molecule has 0 radical (unpaired) electrons. The van der Waals surface area contributed by atoms with E-state index in [2.05, 4.69) is 5.10 Å². The molecule has 1 aliphatic heterocycles. The molecule has 2 rings (SSSR count). The first kappa shape index (κ1) is 11.8. The van der Waals surface area contributed by atoms with E-state index in [0.29, 0.717) is 18.9 Å². The summed E-state index contributed by atoms with van der Waals surface area (Å²) in [5.74, 6) is 0.567. The third-order valence-corrected chi connectivity index (χ3v) is 3.19. The van der Waals surface area contributed by atoms with Crippen molar-refractivity contribution in [1.82, 2.24) is 9.78 Å². The van der Waals surface area contributed by atoms with Crippen molar-refractivity contribution in [3.63, 3.8) is 0 Å². The Morgan fingerprint density at radius 3 is 2.94 bits per heavy atom. The van der Waals surface area contributed by atoms with Crippen LogP contribution in [0.1, 0.15) is 13.3 Å². The number of aliphatic hydroxyl groups excluding tert-OH is 1. The molecule has 7 heteroatoms. The Morgan fingerprint density at radius 1 is 1.71 bits per heavy atom. The summed E-state index contributed by atoms with van der Waals surface area (Å²) in [4.78, 5) is 12.3. The first-order valence-electron chi connectivity index (χ1n) is 5.60. The summed E-state index contributed by atoms with van der Waals surface area (Å²) in [7, 11) is 1.67. The zero-order valence-corrected chi connectivity index (χ0v) is 9.91. The van der Waals surface area contributed by atoms with Gasteiger partial charge in [-0.2, -0.15) is 0 Å². The fraction of sp³-hybridized carbons (Fsp3) is 0.700. The number of rotatable bonds is 3. The lowest BCUT2D eigenvalue weighted by molar-refractivity contribution is -0.384. The number of aromatic nitrogens is 2. The SMILES string of the molecule is CC(O)C1CCN(c2nn(C)cc2[N+](=O)[O-])C1.